The van der Waals surface area contributed by atoms with Gasteiger partial charge in [0.25, 0.3) is 5.91 Å². The number of hydrogen-bond donors (Lipinski definition) is 3. The van der Waals surface area contributed by atoms with Crippen LogP contribution >= 0.6 is 0 Å². The van der Waals surface area contributed by atoms with Gasteiger partial charge in [-0.15, -0.1) is 0 Å². The quantitative estimate of drug-likeness (QED) is 0.493. The minimum atomic E-state index is -0.760. The normalized spacial score (nSPS) is 18.7. The lowest BCUT2D eigenvalue weighted by Gasteiger charge is -2.35. The van der Waals surface area contributed by atoms with Crippen molar-refractivity contribution in [3.63, 3.8) is 0 Å². The fourth-order valence-electron chi connectivity index (χ4n) is 4.07. The zero-order chi connectivity index (χ0) is 24.7. The summed E-state index contributed by atoms with van der Waals surface area (Å²) in [7, 11) is 0. The lowest BCUT2D eigenvalue weighted by Crippen LogP contribution is -2.51. The van der Waals surface area contributed by atoms with Gasteiger partial charge in [-0.25, -0.2) is 0 Å². The van der Waals surface area contributed by atoms with Crippen molar-refractivity contribution < 1.29 is 23.9 Å². The highest BCUT2D eigenvalue weighted by Gasteiger charge is 2.42. The molecule has 0 aliphatic carbocycles. The van der Waals surface area contributed by atoms with Gasteiger partial charge in [0.05, 0.1) is 5.41 Å². The molecule has 1 aliphatic rings. The molecule has 180 valence electrons. The van der Waals surface area contributed by atoms with Crippen molar-refractivity contribution in [2.75, 3.05) is 11.9 Å². The minimum absolute atomic E-state index is 0.146. The monoisotopic (exact) mass is 465 g/mol. The van der Waals surface area contributed by atoms with Crippen LogP contribution in [0.15, 0.2) is 54.6 Å². The number of benzene rings is 2. The van der Waals surface area contributed by atoms with Crippen LogP contribution in [0.25, 0.3) is 0 Å². The molecule has 2 aromatic rings. The Balaban J connectivity index is 1.62. The average Bonchev–Trinajstić information content (AvgIpc) is 2.82. The maximum atomic E-state index is 12.9. The number of rotatable bonds is 9. The first-order valence-corrected chi connectivity index (χ1v) is 11.5. The van der Waals surface area contributed by atoms with Crippen molar-refractivity contribution in [1.82, 2.24) is 10.6 Å². The van der Waals surface area contributed by atoms with Crippen LogP contribution in [0.5, 0.6) is 5.75 Å². The van der Waals surface area contributed by atoms with Crippen LogP contribution in [-0.2, 0) is 24.6 Å². The molecule has 0 spiro atoms. The number of ether oxygens (including phenoxy) is 1. The van der Waals surface area contributed by atoms with Crippen molar-refractivity contribution in [3.8, 4) is 5.75 Å². The van der Waals surface area contributed by atoms with E-state index in [1.54, 1.807) is 36.4 Å². The smallest absolute Gasteiger partial charge is 0.258 e. The molecule has 0 aromatic heterocycles. The summed E-state index contributed by atoms with van der Waals surface area (Å²) in [5, 5.41) is 8.00. The summed E-state index contributed by atoms with van der Waals surface area (Å²) in [5.41, 5.74) is 0.585. The Hall–Kier alpha value is -3.68. The Morgan fingerprint density at radius 2 is 1.74 bits per heavy atom. The Labute approximate surface area is 199 Å². The van der Waals surface area contributed by atoms with Crippen molar-refractivity contribution in [3.05, 3.63) is 60.2 Å². The van der Waals surface area contributed by atoms with Gasteiger partial charge < -0.3 is 15.4 Å². The highest BCUT2D eigenvalue weighted by molar-refractivity contribution is 6.03. The van der Waals surface area contributed by atoms with E-state index in [4.69, 9.17) is 4.74 Å². The second-order valence-corrected chi connectivity index (χ2v) is 8.77. The number of hydrogen-bond acceptors (Lipinski definition) is 5. The van der Waals surface area contributed by atoms with Crippen LogP contribution in [0, 0.1) is 5.92 Å². The Morgan fingerprint density at radius 3 is 2.32 bits per heavy atom. The lowest BCUT2D eigenvalue weighted by molar-refractivity contribution is -0.138. The molecule has 34 heavy (non-hydrogen) atoms. The summed E-state index contributed by atoms with van der Waals surface area (Å²) in [6.45, 7) is 5.42. The lowest BCUT2D eigenvalue weighted by atomic mass is 9.72. The van der Waals surface area contributed by atoms with Gasteiger partial charge in [0.2, 0.25) is 17.7 Å². The van der Waals surface area contributed by atoms with Gasteiger partial charge in [-0.05, 0) is 48.6 Å². The highest BCUT2D eigenvalue weighted by Crippen LogP contribution is 2.36. The Kier molecular flexibility index (Phi) is 8.04. The fourth-order valence-corrected chi connectivity index (χ4v) is 4.07. The van der Waals surface area contributed by atoms with E-state index >= 15 is 0 Å². The van der Waals surface area contributed by atoms with Crippen molar-refractivity contribution in [2.24, 2.45) is 5.92 Å². The largest absolute Gasteiger partial charge is 0.484 e. The summed E-state index contributed by atoms with van der Waals surface area (Å²) in [5.74, 6) is -0.856. The third kappa shape index (κ3) is 5.81. The summed E-state index contributed by atoms with van der Waals surface area (Å²) in [4.78, 5) is 49.4. The van der Waals surface area contributed by atoms with E-state index in [1.165, 1.54) is 0 Å². The summed E-state index contributed by atoms with van der Waals surface area (Å²) < 4.78 is 5.46. The number of carbonyl (C=O) groups is 4. The minimum Gasteiger partial charge on any atom is -0.484 e. The van der Waals surface area contributed by atoms with Crippen LogP contribution in [0.1, 0.15) is 45.6 Å². The Morgan fingerprint density at radius 1 is 1.06 bits per heavy atom. The second kappa shape index (κ2) is 11.0. The van der Waals surface area contributed by atoms with Crippen LogP contribution < -0.4 is 20.7 Å². The van der Waals surface area contributed by atoms with Crippen LogP contribution in [0.3, 0.4) is 0 Å². The number of anilines is 1. The third-order valence-corrected chi connectivity index (χ3v) is 6.15. The number of carbonyl (C=O) groups excluding carboxylic acids is 4. The first-order chi connectivity index (χ1) is 16.2. The maximum absolute atomic E-state index is 12.9. The van der Waals surface area contributed by atoms with Gasteiger partial charge >= 0.3 is 0 Å². The summed E-state index contributed by atoms with van der Waals surface area (Å²) in [6.07, 6.45) is 1.30. The highest BCUT2D eigenvalue weighted by atomic mass is 16.5. The van der Waals surface area contributed by atoms with E-state index in [-0.39, 0.29) is 30.2 Å². The Bertz CT molecular complexity index is 1040. The van der Waals surface area contributed by atoms with Crippen LogP contribution in [0.2, 0.25) is 0 Å². The molecule has 8 nitrogen and oxygen atoms in total. The standard InChI is InChI=1S/C26H31N3O5/c1-4-26(15-14-21(30)29-25(26)33)18-10-12-19(13-11-18)27-24(32)23(17(2)3)28-22(31)16-34-20-8-6-5-7-9-20/h5-13,17,23H,4,14-16H2,1-3H3,(H,27,32)(H,28,31)(H,29,30,33). The molecular weight excluding hydrogens is 434 g/mol. The van der Waals surface area contributed by atoms with Gasteiger partial charge in [-0.1, -0.05) is 51.1 Å². The number of amides is 4. The third-order valence-electron chi connectivity index (χ3n) is 6.15. The molecule has 0 radical (unpaired) electrons. The van der Waals surface area contributed by atoms with E-state index in [2.05, 4.69) is 16.0 Å². The SMILES string of the molecule is CCC1(c2ccc(NC(=O)C(NC(=O)COc3ccccc3)C(C)C)cc2)CCC(=O)NC1=O. The number of piperidine rings is 1. The molecule has 0 saturated carbocycles. The second-order valence-electron chi connectivity index (χ2n) is 8.77. The molecule has 2 atom stereocenters. The van der Waals surface area contributed by atoms with Gasteiger partial charge in [-0.3, -0.25) is 24.5 Å². The molecule has 2 unspecified atom stereocenters. The van der Waals surface area contributed by atoms with Crippen molar-refractivity contribution in [1.29, 1.82) is 0 Å². The van der Waals surface area contributed by atoms with Crippen LogP contribution in [-0.4, -0.2) is 36.3 Å². The molecule has 3 rings (SSSR count). The topological polar surface area (TPSA) is 114 Å². The molecule has 1 aliphatic heterocycles. The van der Waals surface area contributed by atoms with E-state index in [1.807, 2.05) is 39.0 Å². The predicted molar refractivity (Wildman–Crippen MR) is 128 cm³/mol. The molecule has 1 fully saturated rings. The molecule has 2 aromatic carbocycles. The first-order valence-electron chi connectivity index (χ1n) is 11.5. The summed E-state index contributed by atoms with van der Waals surface area (Å²) in [6, 6.07) is 15.3. The van der Waals surface area contributed by atoms with Crippen LogP contribution in [0.4, 0.5) is 5.69 Å². The zero-order valence-electron chi connectivity index (χ0n) is 19.7. The fraction of sp³-hybridized carbons (Fsp3) is 0.385. The molecular formula is C26H31N3O5. The van der Waals surface area contributed by atoms with E-state index in [9.17, 15) is 19.2 Å². The predicted octanol–water partition coefficient (Wildman–Crippen LogP) is 2.93. The van der Waals surface area contributed by atoms with E-state index < -0.39 is 17.4 Å². The number of imide groups is 1. The maximum Gasteiger partial charge on any atom is 0.258 e. The molecule has 4 amide bonds. The van der Waals surface area contributed by atoms with Gasteiger partial charge in [-0.2, -0.15) is 0 Å². The number of para-hydroxylation sites is 1. The van der Waals surface area contributed by atoms with E-state index in [0.717, 1.165) is 5.56 Å². The number of nitrogens with one attached hydrogen (secondary N) is 3. The van der Waals surface area contributed by atoms with Gasteiger partial charge in [0.15, 0.2) is 6.61 Å². The molecule has 1 saturated heterocycles. The van der Waals surface area contributed by atoms with E-state index in [0.29, 0.717) is 30.7 Å². The molecule has 0 bridgehead atoms. The first kappa shape index (κ1) is 25.0. The molecule has 1 heterocycles. The molecule has 8 heteroatoms. The van der Waals surface area contributed by atoms with Gasteiger partial charge in [0.1, 0.15) is 11.8 Å². The van der Waals surface area contributed by atoms with Gasteiger partial charge in [0, 0.05) is 12.1 Å². The average molecular weight is 466 g/mol. The zero-order valence-corrected chi connectivity index (χ0v) is 19.7. The summed E-state index contributed by atoms with van der Waals surface area (Å²) >= 11 is 0. The molecule has 3 N–H and O–H groups in total. The van der Waals surface area contributed by atoms with Crippen molar-refractivity contribution in [2.45, 2.75) is 51.5 Å². The van der Waals surface area contributed by atoms with Crippen molar-refractivity contribution >= 4 is 29.3 Å².